The van der Waals surface area contributed by atoms with Crippen LogP contribution in [0.1, 0.15) is 44.2 Å². The summed E-state index contributed by atoms with van der Waals surface area (Å²) in [7, 11) is 0. The van der Waals surface area contributed by atoms with Crippen LogP contribution in [0, 0.1) is 11.8 Å². The van der Waals surface area contributed by atoms with Gasteiger partial charge in [0.15, 0.2) is 0 Å². The Kier molecular flexibility index (Phi) is 5.19. The maximum atomic E-state index is 13.1. The van der Waals surface area contributed by atoms with E-state index >= 15 is 0 Å². The van der Waals surface area contributed by atoms with Crippen LogP contribution in [0.2, 0.25) is 0 Å². The van der Waals surface area contributed by atoms with E-state index in [-0.39, 0.29) is 29.9 Å². The van der Waals surface area contributed by atoms with E-state index in [0.717, 1.165) is 5.56 Å². The summed E-state index contributed by atoms with van der Waals surface area (Å²) < 4.78 is 5.79. The van der Waals surface area contributed by atoms with Gasteiger partial charge in [-0.2, -0.15) is 0 Å². The van der Waals surface area contributed by atoms with Crippen molar-refractivity contribution in [1.29, 1.82) is 0 Å². The standard InChI is InChI=1S/C19H25NO4/c1-13-11-20(17(12-24-13)14-5-3-2-4-6-14)18(21)15-7-9-16(10-8-15)19(22)23/h2-6,13,15-17H,7-12H2,1H3,(H,22,23). The van der Waals surface area contributed by atoms with Crippen molar-refractivity contribution in [3.05, 3.63) is 35.9 Å². The minimum absolute atomic E-state index is 0.0317. The Balaban J connectivity index is 1.72. The fourth-order valence-electron chi connectivity index (χ4n) is 3.82. The molecule has 5 heteroatoms. The topological polar surface area (TPSA) is 66.8 Å². The predicted octanol–water partition coefficient (Wildman–Crippen LogP) is 2.87. The first-order valence-corrected chi connectivity index (χ1v) is 8.76. The maximum Gasteiger partial charge on any atom is 0.306 e. The average Bonchev–Trinajstić information content (AvgIpc) is 2.62. The Labute approximate surface area is 142 Å². The second kappa shape index (κ2) is 7.34. The molecule has 1 amide bonds. The molecule has 2 fully saturated rings. The molecular weight excluding hydrogens is 306 g/mol. The number of morpholine rings is 1. The highest BCUT2D eigenvalue weighted by molar-refractivity contribution is 5.80. The van der Waals surface area contributed by atoms with E-state index in [2.05, 4.69) is 0 Å². The number of carboxylic acid groups (broad SMARTS) is 1. The molecule has 1 aliphatic carbocycles. The SMILES string of the molecule is CC1CN(C(=O)C2CCC(C(=O)O)CC2)C(c2ccccc2)CO1. The molecule has 1 aliphatic heterocycles. The highest BCUT2D eigenvalue weighted by Crippen LogP contribution is 2.34. The highest BCUT2D eigenvalue weighted by atomic mass is 16.5. The Morgan fingerprint density at radius 3 is 2.33 bits per heavy atom. The fraction of sp³-hybridized carbons (Fsp3) is 0.579. The maximum absolute atomic E-state index is 13.1. The molecule has 5 nitrogen and oxygen atoms in total. The Morgan fingerprint density at radius 2 is 1.71 bits per heavy atom. The van der Waals surface area contributed by atoms with Gasteiger partial charge in [0.25, 0.3) is 0 Å². The van der Waals surface area contributed by atoms with Crippen molar-refractivity contribution in [2.75, 3.05) is 13.2 Å². The summed E-state index contributed by atoms with van der Waals surface area (Å²) in [6, 6.07) is 9.95. The number of carboxylic acids is 1. The van der Waals surface area contributed by atoms with Gasteiger partial charge >= 0.3 is 5.97 Å². The Bertz CT molecular complexity index is 580. The first-order chi connectivity index (χ1) is 11.6. The van der Waals surface area contributed by atoms with Gasteiger partial charge in [0.1, 0.15) is 0 Å². The lowest BCUT2D eigenvalue weighted by Gasteiger charge is -2.41. The number of amides is 1. The molecule has 1 saturated carbocycles. The van der Waals surface area contributed by atoms with Gasteiger partial charge in [0.2, 0.25) is 5.91 Å². The number of carbonyl (C=O) groups excluding carboxylic acids is 1. The van der Waals surface area contributed by atoms with Crippen LogP contribution >= 0.6 is 0 Å². The zero-order valence-corrected chi connectivity index (χ0v) is 14.1. The van der Waals surface area contributed by atoms with Crippen LogP contribution in [-0.4, -0.2) is 41.1 Å². The Hall–Kier alpha value is -1.88. The molecule has 0 bridgehead atoms. The third-order valence-electron chi connectivity index (χ3n) is 5.26. The monoisotopic (exact) mass is 331 g/mol. The van der Waals surface area contributed by atoms with Gasteiger partial charge in [0.05, 0.1) is 24.7 Å². The molecular formula is C19H25NO4. The van der Waals surface area contributed by atoms with Crippen molar-refractivity contribution in [2.24, 2.45) is 11.8 Å². The quantitative estimate of drug-likeness (QED) is 0.925. The Morgan fingerprint density at radius 1 is 1.08 bits per heavy atom. The van der Waals surface area contributed by atoms with Crippen molar-refractivity contribution < 1.29 is 19.4 Å². The van der Waals surface area contributed by atoms with Gasteiger partial charge in [-0.05, 0) is 38.2 Å². The molecule has 1 heterocycles. The molecule has 0 aromatic heterocycles. The van der Waals surface area contributed by atoms with Gasteiger partial charge in [0, 0.05) is 12.5 Å². The summed E-state index contributed by atoms with van der Waals surface area (Å²) in [5.74, 6) is -0.925. The van der Waals surface area contributed by atoms with Crippen LogP contribution in [-0.2, 0) is 14.3 Å². The summed E-state index contributed by atoms with van der Waals surface area (Å²) in [5, 5.41) is 9.13. The summed E-state index contributed by atoms with van der Waals surface area (Å²) in [5.41, 5.74) is 1.09. The minimum atomic E-state index is -0.733. The van der Waals surface area contributed by atoms with Crippen LogP contribution in [0.5, 0.6) is 0 Å². The second-order valence-corrected chi connectivity index (χ2v) is 6.95. The van der Waals surface area contributed by atoms with Crippen LogP contribution in [0.4, 0.5) is 0 Å². The number of aliphatic carboxylic acids is 1. The largest absolute Gasteiger partial charge is 0.481 e. The molecule has 2 unspecified atom stereocenters. The lowest BCUT2D eigenvalue weighted by Crippen LogP contribution is -2.49. The zero-order valence-electron chi connectivity index (χ0n) is 14.1. The van der Waals surface area contributed by atoms with Crippen LogP contribution in [0.3, 0.4) is 0 Å². The second-order valence-electron chi connectivity index (χ2n) is 6.95. The zero-order chi connectivity index (χ0) is 17.1. The summed E-state index contributed by atoms with van der Waals surface area (Å²) >= 11 is 0. The molecule has 0 radical (unpaired) electrons. The van der Waals surface area contributed by atoms with E-state index < -0.39 is 5.97 Å². The number of ether oxygens (including phenoxy) is 1. The summed E-state index contributed by atoms with van der Waals surface area (Å²) in [4.78, 5) is 26.1. The van der Waals surface area contributed by atoms with E-state index in [0.29, 0.717) is 38.8 Å². The smallest absolute Gasteiger partial charge is 0.306 e. The molecule has 1 aromatic carbocycles. The number of benzene rings is 1. The molecule has 1 aromatic rings. The number of carbonyl (C=O) groups is 2. The van der Waals surface area contributed by atoms with Gasteiger partial charge < -0.3 is 14.7 Å². The van der Waals surface area contributed by atoms with Crippen LogP contribution < -0.4 is 0 Å². The molecule has 3 rings (SSSR count). The first-order valence-electron chi connectivity index (χ1n) is 8.76. The lowest BCUT2D eigenvalue weighted by molar-refractivity contribution is -0.152. The third kappa shape index (κ3) is 3.61. The van der Waals surface area contributed by atoms with E-state index in [9.17, 15) is 9.59 Å². The molecule has 0 spiro atoms. The number of nitrogens with zero attached hydrogens (tertiary/aromatic N) is 1. The average molecular weight is 331 g/mol. The molecule has 130 valence electrons. The van der Waals surface area contributed by atoms with E-state index in [1.165, 1.54) is 0 Å². The summed E-state index contributed by atoms with van der Waals surface area (Å²) in [6.07, 6.45) is 2.57. The molecule has 2 atom stereocenters. The minimum Gasteiger partial charge on any atom is -0.481 e. The van der Waals surface area contributed by atoms with Crippen molar-refractivity contribution in [3.8, 4) is 0 Å². The van der Waals surface area contributed by atoms with Crippen molar-refractivity contribution in [1.82, 2.24) is 4.90 Å². The number of rotatable bonds is 3. The van der Waals surface area contributed by atoms with E-state index in [1.54, 1.807) is 0 Å². The van der Waals surface area contributed by atoms with Crippen molar-refractivity contribution in [3.63, 3.8) is 0 Å². The van der Waals surface area contributed by atoms with Gasteiger partial charge in [-0.15, -0.1) is 0 Å². The van der Waals surface area contributed by atoms with Crippen LogP contribution in [0.15, 0.2) is 30.3 Å². The molecule has 1 N–H and O–H groups in total. The van der Waals surface area contributed by atoms with Gasteiger partial charge in [-0.1, -0.05) is 30.3 Å². The molecule has 2 aliphatic rings. The summed E-state index contributed by atoms with van der Waals surface area (Å²) in [6.45, 7) is 3.10. The van der Waals surface area contributed by atoms with E-state index in [4.69, 9.17) is 9.84 Å². The third-order valence-corrected chi connectivity index (χ3v) is 5.26. The number of hydrogen-bond acceptors (Lipinski definition) is 3. The number of hydrogen-bond donors (Lipinski definition) is 1. The first kappa shape index (κ1) is 17.0. The fourth-order valence-corrected chi connectivity index (χ4v) is 3.82. The lowest BCUT2D eigenvalue weighted by atomic mass is 9.81. The molecule has 24 heavy (non-hydrogen) atoms. The highest BCUT2D eigenvalue weighted by Gasteiger charge is 2.37. The van der Waals surface area contributed by atoms with Crippen LogP contribution in [0.25, 0.3) is 0 Å². The van der Waals surface area contributed by atoms with Gasteiger partial charge in [-0.25, -0.2) is 0 Å². The van der Waals surface area contributed by atoms with Gasteiger partial charge in [-0.3, -0.25) is 9.59 Å². The predicted molar refractivity (Wildman–Crippen MR) is 89.4 cm³/mol. The normalized spacial score (nSPS) is 30.8. The molecule has 1 saturated heterocycles. The van der Waals surface area contributed by atoms with Crippen molar-refractivity contribution >= 4 is 11.9 Å². The van der Waals surface area contributed by atoms with E-state index in [1.807, 2.05) is 42.2 Å². The van der Waals surface area contributed by atoms with Crippen molar-refractivity contribution in [2.45, 2.75) is 44.8 Å².